The van der Waals surface area contributed by atoms with E-state index in [9.17, 15) is 5.11 Å². The fourth-order valence-electron chi connectivity index (χ4n) is 1.58. The maximum Gasteiger partial charge on any atom is 0.119 e. The van der Waals surface area contributed by atoms with Crippen LogP contribution in [0.3, 0.4) is 0 Å². The summed E-state index contributed by atoms with van der Waals surface area (Å²) in [7, 11) is 0. The molecule has 2 heteroatoms. The first-order valence-corrected chi connectivity index (χ1v) is 4.91. The highest BCUT2D eigenvalue weighted by atomic mass is 16.5. The number of rotatable bonds is 3. The zero-order valence-corrected chi connectivity index (χ0v) is 9.29. The summed E-state index contributed by atoms with van der Waals surface area (Å²) in [6, 6.07) is 5.76. The van der Waals surface area contributed by atoms with E-state index in [0.717, 1.165) is 16.9 Å². The molecule has 0 aliphatic heterocycles. The molecule has 0 aliphatic rings. The molecule has 14 heavy (non-hydrogen) atoms. The number of ether oxygens (including phenoxy) is 1. The summed E-state index contributed by atoms with van der Waals surface area (Å²) in [6.07, 6.45) is 0. The van der Waals surface area contributed by atoms with Crippen molar-refractivity contribution in [2.45, 2.75) is 33.3 Å². The lowest BCUT2D eigenvalue weighted by Gasteiger charge is -2.20. The maximum atomic E-state index is 9.85. The molecule has 0 unspecified atom stereocenters. The standard InChI is InChI=1S/C12H18O2/c1-5-14-10-6-7-11(9(2)8-10)12(3,4)13/h6-8,13H,5H2,1-4H3. The van der Waals surface area contributed by atoms with Crippen LogP contribution in [-0.2, 0) is 5.60 Å². The molecule has 0 heterocycles. The maximum absolute atomic E-state index is 9.85. The van der Waals surface area contributed by atoms with Crippen LogP contribution in [0.25, 0.3) is 0 Å². The minimum atomic E-state index is -0.783. The van der Waals surface area contributed by atoms with Crippen LogP contribution in [0.1, 0.15) is 31.9 Å². The molecular weight excluding hydrogens is 176 g/mol. The van der Waals surface area contributed by atoms with Gasteiger partial charge in [0.2, 0.25) is 0 Å². The summed E-state index contributed by atoms with van der Waals surface area (Å²) in [5.74, 6) is 0.859. The number of hydrogen-bond donors (Lipinski definition) is 1. The van der Waals surface area contributed by atoms with Gasteiger partial charge in [0.1, 0.15) is 5.75 Å². The van der Waals surface area contributed by atoms with Gasteiger partial charge in [-0.15, -0.1) is 0 Å². The van der Waals surface area contributed by atoms with E-state index in [1.54, 1.807) is 13.8 Å². The van der Waals surface area contributed by atoms with Crippen LogP contribution in [-0.4, -0.2) is 11.7 Å². The minimum Gasteiger partial charge on any atom is -0.494 e. The third-order valence-electron chi connectivity index (χ3n) is 2.17. The average Bonchev–Trinajstić information content (AvgIpc) is 2.02. The van der Waals surface area contributed by atoms with Crippen LogP contribution < -0.4 is 4.74 Å². The van der Waals surface area contributed by atoms with E-state index in [1.807, 2.05) is 32.0 Å². The van der Waals surface area contributed by atoms with E-state index in [4.69, 9.17) is 4.74 Å². The summed E-state index contributed by atoms with van der Waals surface area (Å²) >= 11 is 0. The molecule has 0 saturated carbocycles. The van der Waals surface area contributed by atoms with Crippen molar-refractivity contribution in [2.75, 3.05) is 6.61 Å². The average molecular weight is 194 g/mol. The van der Waals surface area contributed by atoms with Crippen LogP contribution in [0.15, 0.2) is 18.2 Å². The summed E-state index contributed by atoms with van der Waals surface area (Å²) in [5, 5.41) is 9.85. The molecule has 1 N–H and O–H groups in total. The molecule has 2 nitrogen and oxygen atoms in total. The molecule has 0 spiro atoms. The molecule has 0 aromatic heterocycles. The van der Waals surface area contributed by atoms with Gasteiger partial charge in [0, 0.05) is 0 Å². The fourth-order valence-corrected chi connectivity index (χ4v) is 1.58. The number of aliphatic hydroxyl groups is 1. The Kier molecular flexibility index (Phi) is 3.17. The van der Waals surface area contributed by atoms with Crippen LogP contribution in [0, 0.1) is 6.92 Å². The molecule has 0 saturated heterocycles. The van der Waals surface area contributed by atoms with E-state index < -0.39 is 5.60 Å². The second-order valence-electron chi connectivity index (χ2n) is 3.97. The molecule has 0 radical (unpaired) electrons. The van der Waals surface area contributed by atoms with Gasteiger partial charge in [-0.2, -0.15) is 0 Å². The van der Waals surface area contributed by atoms with Gasteiger partial charge in [0.05, 0.1) is 12.2 Å². The van der Waals surface area contributed by atoms with Gasteiger partial charge in [0.15, 0.2) is 0 Å². The smallest absolute Gasteiger partial charge is 0.119 e. The van der Waals surface area contributed by atoms with Gasteiger partial charge < -0.3 is 9.84 Å². The van der Waals surface area contributed by atoms with E-state index >= 15 is 0 Å². The summed E-state index contributed by atoms with van der Waals surface area (Å²) < 4.78 is 5.37. The van der Waals surface area contributed by atoms with Gasteiger partial charge in [-0.05, 0) is 51.0 Å². The first-order valence-electron chi connectivity index (χ1n) is 4.91. The molecule has 1 rings (SSSR count). The molecule has 78 valence electrons. The SMILES string of the molecule is CCOc1ccc(C(C)(C)O)c(C)c1. The first-order chi connectivity index (χ1) is 6.45. The predicted octanol–water partition coefficient (Wildman–Crippen LogP) is 2.62. The van der Waals surface area contributed by atoms with Crippen molar-refractivity contribution in [2.24, 2.45) is 0 Å². The lowest BCUT2D eigenvalue weighted by atomic mass is 9.94. The van der Waals surface area contributed by atoms with Crippen molar-refractivity contribution in [3.05, 3.63) is 29.3 Å². The Hall–Kier alpha value is -1.02. The van der Waals surface area contributed by atoms with E-state index in [1.165, 1.54) is 0 Å². The predicted molar refractivity (Wildman–Crippen MR) is 57.6 cm³/mol. The number of aryl methyl sites for hydroxylation is 1. The molecule has 0 bridgehead atoms. The van der Waals surface area contributed by atoms with Gasteiger partial charge in [-0.3, -0.25) is 0 Å². The fraction of sp³-hybridized carbons (Fsp3) is 0.500. The van der Waals surface area contributed by atoms with Crippen LogP contribution in [0.5, 0.6) is 5.75 Å². The van der Waals surface area contributed by atoms with Crippen LogP contribution in [0.2, 0.25) is 0 Å². The van der Waals surface area contributed by atoms with Gasteiger partial charge in [-0.1, -0.05) is 6.07 Å². The van der Waals surface area contributed by atoms with Crippen molar-refractivity contribution in [3.8, 4) is 5.75 Å². The largest absolute Gasteiger partial charge is 0.494 e. The third-order valence-corrected chi connectivity index (χ3v) is 2.17. The van der Waals surface area contributed by atoms with E-state index in [2.05, 4.69) is 0 Å². The molecule has 0 amide bonds. The third kappa shape index (κ3) is 2.48. The van der Waals surface area contributed by atoms with Gasteiger partial charge >= 0.3 is 0 Å². The Balaban J connectivity index is 3.02. The summed E-state index contributed by atoms with van der Waals surface area (Å²) in [5.41, 5.74) is 1.22. The Morgan fingerprint density at radius 3 is 2.43 bits per heavy atom. The van der Waals surface area contributed by atoms with Crippen molar-refractivity contribution >= 4 is 0 Å². The Morgan fingerprint density at radius 1 is 1.36 bits per heavy atom. The zero-order valence-electron chi connectivity index (χ0n) is 9.29. The lowest BCUT2D eigenvalue weighted by molar-refractivity contribution is 0.0778. The van der Waals surface area contributed by atoms with Crippen molar-refractivity contribution in [3.63, 3.8) is 0 Å². The quantitative estimate of drug-likeness (QED) is 0.801. The normalized spacial score (nSPS) is 11.5. The molecule has 0 atom stereocenters. The Morgan fingerprint density at radius 2 is 2.00 bits per heavy atom. The Bertz CT molecular complexity index is 311. The van der Waals surface area contributed by atoms with E-state index in [0.29, 0.717) is 6.61 Å². The molecule has 0 aliphatic carbocycles. The molecule has 0 fully saturated rings. The zero-order chi connectivity index (χ0) is 10.8. The lowest BCUT2D eigenvalue weighted by Crippen LogP contribution is -2.16. The molecule has 1 aromatic rings. The molecular formula is C12H18O2. The first kappa shape index (κ1) is 11.1. The second-order valence-corrected chi connectivity index (χ2v) is 3.97. The molecule has 1 aromatic carbocycles. The second kappa shape index (κ2) is 4.01. The van der Waals surface area contributed by atoms with Gasteiger partial charge in [0.25, 0.3) is 0 Å². The van der Waals surface area contributed by atoms with Gasteiger partial charge in [-0.25, -0.2) is 0 Å². The van der Waals surface area contributed by atoms with Crippen molar-refractivity contribution in [1.29, 1.82) is 0 Å². The highest BCUT2D eigenvalue weighted by molar-refractivity contribution is 5.37. The van der Waals surface area contributed by atoms with Crippen LogP contribution >= 0.6 is 0 Å². The topological polar surface area (TPSA) is 29.5 Å². The number of benzene rings is 1. The summed E-state index contributed by atoms with van der Waals surface area (Å²) in [4.78, 5) is 0. The number of hydrogen-bond acceptors (Lipinski definition) is 2. The van der Waals surface area contributed by atoms with Crippen molar-refractivity contribution in [1.82, 2.24) is 0 Å². The monoisotopic (exact) mass is 194 g/mol. The highest BCUT2D eigenvalue weighted by Gasteiger charge is 2.18. The van der Waals surface area contributed by atoms with E-state index in [-0.39, 0.29) is 0 Å². The van der Waals surface area contributed by atoms with Crippen LogP contribution in [0.4, 0.5) is 0 Å². The highest BCUT2D eigenvalue weighted by Crippen LogP contribution is 2.26. The minimum absolute atomic E-state index is 0.668. The van der Waals surface area contributed by atoms with Crippen molar-refractivity contribution < 1.29 is 9.84 Å². The Labute approximate surface area is 85.5 Å². The summed E-state index contributed by atoms with van der Waals surface area (Å²) in [6.45, 7) is 8.18.